The van der Waals surface area contributed by atoms with Crippen molar-refractivity contribution in [3.8, 4) is 0 Å². The molecular weight excluding hydrogens is 718 g/mol. The van der Waals surface area contributed by atoms with Crippen molar-refractivity contribution < 1.29 is 50.9 Å². The summed E-state index contributed by atoms with van der Waals surface area (Å²) in [4.78, 5) is 42.4. The van der Waals surface area contributed by atoms with Crippen LogP contribution in [0.5, 0.6) is 0 Å². The van der Waals surface area contributed by atoms with Crippen LogP contribution in [0.2, 0.25) is 0 Å². The number of nitrogens with one attached hydrogen (secondary N) is 4. The molecule has 5 N–H and O–H groups in total. The fourth-order valence-corrected chi connectivity index (χ4v) is 8.02. The van der Waals surface area contributed by atoms with E-state index in [0.717, 1.165) is 23.6 Å². The van der Waals surface area contributed by atoms with E-state index in [9.17, 15) is 27.9 Å². The van der Waals surface area contributed by atoms with Crippen molar-refractivity contribution in [1.29, 1.82) is 0 Å². The van der Waals surface area contributed by atoms with Crippen molar-refractivity contribution in [1.82, 2.24) is 29.9 Å². The first-order valence-electron chi connectivity index (χ1n) is 18.7. The van der Waals surface area contributed by atoms with E-state index in [-0.39, 0.29) is 58.2 Å². The minimum atomic E-state index is -4.26. The highest BCUT2D eigenvalue weighted by molar-refractivity contribution is 7.87. The van der Waals surface area contributed by atoms with E-state index >= 15 is 8.78 Å². The number of alkyl halides is 2. The number of benzene rings is 1. The highest BCUT2D eigenvalue weighted by Gasteiger charge is 2.51. The molecule has 3 fully saturated rings. The lowest BCUT2D eigenvalue weighted by Gasteiger charge is -2.34. The van der Waals surface area contributed by atoms with Gasteiger partial charge >= 0.3 is 5.92 Å². The Morgan fingerprint density at radius 2 is 1.60 bits per heavy atom. The number of amides is 3. The van der Waals surface area contributed by atoms with Crippen molar-refractivity contribution in [2.24, 2.45) is 5.92 Å². The van der Waals surface area contributed by atoms with Crippen LogP contribution in [-0.2, 0) is 45.2 Å². The number of hydrogen-bond donors (Lipinski definition) is 5. The van der Waals surface area contributed by atoms with Crippen molar-refractivity contribution in [3.63, 3.8) is 0 Å². The zero-order valence-corrected chi connectivity index (χ0v) is 31.3. The lowest BCUT2D eigenvalue weighted by molar-refractivity contribution is -0.169. The second-order valence-electron chi connectivity index (χ2n) is 13.8. The lowest BCUT2D eigenvalue weighted by Crippen LogP contribution is -2.62. The van der Waals surface area contributed by atoms with Crippen LogP contribution in [0.25, 0.3) is 0 Å². The van der Waals surface area contributed by atoms with Gasteiger partial charge in [0.25, 0.3) is 22.0 Å². The number of carbonyl (C=O) groups excluding carboxylic acids is 3. The van der Waals surface area contributed by atoms with Crippen LogP contribution in [0, 0.1) is 5.92 Å². The molecular formula is C35H56F2N6O9S. The summed E-state index contributed by atoms with van der Waals surface area (Å²) in [6.45, 7) is 4.77. The fraction of sp³-hybridized carbons (Fsp3) is 0.743. The first-order valence-corrected chi connectivity index (χ1v) is 20.1. The van der Waals surface area contributed by atoms with Gasteiger partial charge in [-0.1, -0.05) is 69.4 Å². The standard InChI is InChI=1S/C35H56F2N6O9S/c1-2-19-52-33(40-31(45)29(25-27-11-7-4-8-12-27)41-53(48,49)43-17-22-51-23-18-43)32(46)39-28(24-26-9-5-3-6-10-26)30(44)35(36,37)34(47)38-13-14-42-15-20-50-21-16-42/h4,7-8,11-12,26,28-30,33,41,44H,2-3,5-6,9-10,13-25H2,1H3,(H,38,47)(H,39,46)(H,40,45)/t28-,29-,30-,33-/m0/s1. The Balaban J connectivity index is 1.50. The average molecular weight is 775 g/mol. The monoisotopic (exact) mass is 774 g/mol. The minimum absolute atomic E-state index is 0.0151. The number of ether oxygens (including phenoxy) is 3. The molecule has 18 heteroatoms. The normalized spacial score (nSPS) is 20.5. The summed E-state index contributed by atoms with van der Waals surface area (Å²) in [6, 6.07) is 5.72. The molecule has 0 radical (unpaired) electrons. The molecule has 0 aromatic heterocycles. The number of morpholine rings is 2. The number of aliphatic hydroxyl groups excluding tert-OH is 1. The fourth-order valence-electron chi connectivity index (χ4n) is 6.69. The van der Waals surface area contributed by atoms with Gasteiger partial charge in [-0.3, -0.25) is 19.3 Å². The topological polar surface area (TPSA) is 188 Å². The molecule has 300 valence electrons. The van der Waals surface area contributed by atoms with E-state index in [1.54, 1.807) is 37.3 Å². The van der Waals surface area contributed by atoms with Crippen LogP contribution >= 0.6 is 0 Å². The zero-order chi connectivity index (χ0) is 38.3. The van der Waals surface area contributed by atoms with Crippen molar-refractivity contribution in [2.75, 3.05) is 72.3 Å². The highest BCUT2D eigenvalue weighted by Crippen LogP contribution is 2.31. The van der Waals surface area contributed by atoms with Crippen LogP contribution in [0.4, 0.5) is 8.78 Å². The molecule has 4 rings (SSSR count). The van der Waals surface area contributed by atoms with Crippen LogP contribution < -0.4 is 20.7 Å². The molecule has 0 unspecified atom stereocenters. The molecule has 2 saturated heterocycles. The first-order chi connectivity index (χ1) is 25.4. The predicted molar refractivity (Wildman–Crippen MR) is 191 cm³/mol. The molecule has 1 aromatic carbocycles. The van der Waals surface area contributed by atoms with Gasteiger partial charge in [-0.05, 0) is 30.7 Å². The molecule has 1 aromatic rings. The molecule has 0 spiro atoms. The molecule has 53 heavy (non-hydrogen) atoms. The van der Waals surface area contributed by atoms with Gasteiger partial charge in [0, 0.05) is 45.9 Å². The summed E-state index contributed by atoms with van der Waals surface area (Å²) < 4.78 is 77.8. The van der Waals surface area contributed by atoms with Gasteiger partial charge in [-0.15, -0.1) is 0 Å². The average Bonchev–Trinajstić information content (AvgIpc) is 3.17. The molecule has 2 aliphatic heterocycles. The molecule has 0 bridgehead atoms. The first kappa shape index (κ1) is 42.9. The lowest BCUT2D eigenvalue weighted by atomic mass is 9.83. The molecule has 3 amide bonds. The summed E-state index contributed by atoms with van der Waals surface area (Å²) in [5.74, 6) is -7.94. The van der Waals surface area contributed by atoms with Crippen molar-refractivity contribution >= 4 is 27.9 Å². The van der Waals surface area contributed by atoms with E-state index in [0.29, 0.717) is 57.7 Å². The van der Waals surface area contributed by atoms with E-state index in [1.807, 2.05) is 4.90 Å². The molecule has 2 heterocycles. The maximum atomic E-state index is 15.6. The Labute approximate surface area is 311 Å². The summed E-state index contributed by atoms with van der Waals surface area (Å²) in [5.41, 5.74) is 0.633. The summed E-state index contributed by atoms with van der Waals surface area (Å²) in [7, 11) is -4.17. The molecule has 4 atom stereocenters. The third kappa shape index (κ3) is 13.5. The maximum Gasteiger partial charge on any atom is 0.351 e. The van der Waals surface area contributed by atoms with Gasteiger partial charge in [0.05, 0.1) is 32.5 Å². The number of hydrogen-bond acceptors (Lipinski definition) is 10. The largest absolute Gasteiger partial charge is 0.384 e. The number of nitrogens with zero attached hydrogens (tertiary/aromatic N) is 2. The van der Waals surface area contributed by atoms with Crippen molar-refractivity contribution in [2.45, 2.75) is 88.6 Å². The Morgan fingerprint density at radius 1 is 0.962 bits per heavy atom. The van der Waals surface area contributed by atoms with Crippen LogP contribution in [0.15, 0.2) is 30.3 Å². The number of aliphatic hydroxyl groups is 1. The Hall–Kier alpha value is -2.84. The SMILES string of the molecule is CCCO[C@H](NC(=O)[C@H](Cc1ccccc1)NS(=O)(=O)N1CCOCC1)C(=O)N[C@@H](CC1CCCCC1)[C@H](O)C(F)(F)C(=O)NCCN1CCOCC1. The van der Waals surface area contributed by atoms with Crippen LogP contribution in [-0.4, -0.2) is 143 Å². The molecule has 1 saturated carbocycles. The van der Waals surface area contributed by atoms with Gasteiger partial charge in [0.1, 0.15) is 12.1 Å². The van der Waals surface area contributed by atoms with Gasteiger partial charge in [0.15, 0.2) is 0 Å². The van der Waals surface area contributed by atoms with E-state index in [2.05, 4.69) is 20.7 Å². The molecule has 15 nitrogen and oxygen atoms in total. The second kappa shape index (κ2) is 21.3. The number of carbonyl (C=O) groups is 3. The van der Waals surface area contributed by atoms with E-state index < -0.39 is 58.3 Å². The van der Waals surface area contributed by atoms with E-state index in [4.69, 9.17) is 14.2 Å². The minimum Gasteiger partial charge on any atom is -0.384 e. The Kier molecular flexibility index (Phi) is 17.2. The maximum absolute atomic E-state index is 15.6. The van der Waals surface area contributed by atoms with Crippen molar-refractivity contribution in [3.05, 3.63) is 35.9 Å². The molecule has 1 aliphatic carbocycles. The Bertz CT molecular complexity index is 1400. The summed E-state index contributed by atoms with van der Waals surface area (Å²) in [5, 5.41) is 18.3. The summed E-state index contributed by atoms with van der Waals surface area (Å²) in [6.07, 6.45) is 0.103. The quantitative estimate of drug-likeness (QED) is 0.117. The van der Waals surface area contributed by atoms with Gasteiger partial charge in [-0.25, -0.2) is 0 Å². The van der Waals surface area contributed by atoms with E-state index in [1.165, 1.54) is 0 Å². The van der Waals surface area contributed by atoms with Gasteiger partial charge in [0.2, 0.25) is 12.1 Å². The number of halogens is 2. The third-order valence-corrected chi connectivity index (χ3v) is 11.3. The smallest absolute Gasteiger partial charge is 0.351 e. The highest BCUT2D eigenvalue weighted by atomic mass is 32.2. The molecule has 3 aliphatic rings. The predicted octanol–water partition coefficient (Wildman–Crippen LogP) is 0.533. The third-order valence-electron chi connectivity index (χ3n) is 9.71. The van der Waals surface area contributed by atoms with Crippen LogP contribution in [0.1, 0.15) is 57.4 Å². The number of rotatable bonds is 20. The summed E-state index contributed by atoms with van der Waals surface area (Å²) >= 11 is 0. The van der Waals surface area contributed by atoms with Gasteiger partial charge < -0.3 is 35.3 Å². The van der Waals surface area contributed by atoms with Crippen LogP contribution in [0.3, 0.4) is 0 Å². The second-order valence-corrected chi connectivity index (χ2v) is 15.5. The van der Waals surface area contributed by atoms with Gasteiger partial charge in [-0.2, -0.15) is 26.2 Å². The Morgan fingerprint density at radius 3 is 2.25 bits per heavy atom. The zero-order valence-electron chi connectivity index (χ0n) is 30.5.